The molecule has 0 radical (unpaired) electrons. The third kappa shape index (κ3) is 2.22. The minimum Gasteiger partial charge on any atom is -0.219 e. The van der Waals surface area contributed by atoms with E-state index in [4.69, 9.17) is 0 Å². The van der Waals surface area contributed by atoms with Gasteiger partial charge in [0.25, 0.3) is 0 Å². The minimum absolute atomic E-state index is 0.476. The van der Waals surface area contributed by atoms with Gasteiger partial charge in [-0.3, -0.25) is 0 Å². The van der Waals surface area contributed by atoms with E-state index in [0.29, 0.717) is 0 Å². The Morgan fingerprint density at radius 2 is 1.30 bits per heavy atom. The summed E-state index contributed by atoms with van der Waals surface area (Å²) in [5.41, 5.74) is 0.724. The second-order valence-electron chi connectivity index (χ2n) is 5.13. The third-order valence-corrected chi connectivity index (χ3v) is 8.96. The Morgan fingerprint density at radius 1 is 0.826 bits per heavy atom. The molecule has 1 aliphatic heterocycles. The van der Waals surface area contributed by atoms with Gasteiger partial charge in [-0.15, -0.1) is 0 Å². The Labute approximate surface area is 134 Å². The first-order chi connectivity index (χ1) is 10.8. The zero-order chi connectivity index (χ0) is 16.7. The second kappa shape index (κ2) is 5.28. The van der Waals surface area contributed by atoms with Crippen molar-refractivity contribution in [1.82, 2.24) is 0 Å². The Morgan fingerprint density at radius 3 is 1.83 bits per heavy atom. The Bertz CT molecular complexity index is 925. The summed E-state index contributed by atoms with van der Waals surface area (Å²) in [6.45, 7) is 0. The predicted octanol–water partition coefficient (Wildman–Crippen LogP) is 2.97. The van der Waals surface area contributed by atoms with E-state index in [1.165, 1.54) is 24.3 Å². The van der Waals surface area contributed by atoms with Crippen LogP contribution in [-0.4, -0.2) is 21.2 Å². The quantitative estimate of drug-likeness (QED) is 0.852. The number of hydrogen-bond donors (Lipinski definition) is 0. The van der Waals surface area contributed by atoms with Crippen LogP contribution in [0.1, 0.15) is 12.0 Å². The maximum absolute atomic E-state index is 15.1. The van der Waals surface area contributed by atoms with Gasteiger partial charge in [-0.25, -0.2) is 21.2 Å². The van der Waals surface area contributed by atoms with E-state index >= 15 is 4.39 Å². The molecule has 2 aromatic rings. The van der Waals surface area contributed by atoms with Crippen LogP contribution in [0.25, 0.3) is 6.08 Å². The molecule has 120 valence electrons. The van der Waals surface area contributed by atoms with Crippen LogP contribution >= 0.6 is 0 Å². The molecular weight excluding hydrogens is 339 g/mol. The van der Waals surface area contributed by atoms with E-state index in [1.54, 1.807) is 30.3 Å². The van der Waals surface area contributed by atoms with Gasteiger partial charge in [-0.05, 0) is 17.7 Å². The van der Waals surface area contributed by atoms with Crippen LogP contribution < -0.4 is 0 Å². The van der Waals surface area contributed by atoms with Gasteiger partial charge in [0.15, 0.2) is 0 Å². The molecule has 0 spiro atoms. The molecule has 1 aliphatic rings. The first-order valence-electron chi connectivity index (χ1n) is 6.79. The summed E-state index contributed by atoms with van der Waals surface area (Å²) in [5.74, 6) is 0. The summed E-state index contributed by atoms with van der Waals surface area (Å²) in [4.78, 5) is -0.953. The Hall–Kier alpha value is -1.99. The molecule has 0 N–H and O–H groups in total. The lowest BCUT2D eigenvalue weighted by Crippen LogP contribution is -2.35. The standard InChI is InChI=1S/C16H13FO4S2/c17-16(12-6-9-13-7-2-1-3-8-13)22(18,19)14-10-4-5-11-15(14)23(16,20)21/h1-11H,12H2/b9-6+. The molecule has 0 atom stereocenters. The number of fused-ring (bicyclic) bond motifs is 1. The summed E-state index contributed by atoms with van der Waals surface area (Å²) in [7, 11) is -9.23. The fourth-order valence-corrected chi connectivity index (χ4v) is 7.31. The highest BCUT2D eigenvalue weighted by Crippen LogP contribution is 2.48. The van der Waals surface area contributed by atoms with Crippen molar-refractivity contribution in [3.63, 3.8) is 0 Å². The molecule has 0 aliphatic carbocycles. The first-order valence-corrected chi connectivity index (χ1v) is 9.76. The number of hydrogen-bond acceptors (Lipinski definition) is 4. The molecule has 0 amide bonds. The van der Waals surface area contributed by atoms with E-state index in [1.807, 2.05) is 0 Å². The SMILES string of the molecule is O=S1(=O)c2ccccc2S(=O)(=O)C1(F)C/C=C/c1ccccc1. The van der Waals surface area contributed by atoms with Crippen LogP contribution in [0.4, 0.5) is 4.39 Å². The summed E-state index contributed by atoms with van der Waals surface area (Å²) in [6.07, 6.45) is 1.97. The predicted molar refractivity (Wildman–Crippen MR) is 84.7 cm³/mol. The Kier molecular flexibility index (Phi) is 3.65. The molecule has 0 saturated heterocycles. The van der Waals surface area contributed by atoms with Gasteiger partial charge in [0.05, 0.1) is 9.79 Å². The van der Waals surface area contributed by atoms with Crippen LogP contribution in [0.3, 0.4) is 0 Å². The third-order valence-electron chi connectivity index (χ3n) is 3.70. The van der Waals surface area contributed by atoms with Crippen molar-refractivity contribution in [2.75, 3.05) is 0 Å². The summed E-state index contributed by atoms with van der Waals surface area (Å²) in [6, 6.07) is 13.8. The maximum atomic E-state index is 15.1. The molecule has 0 aromatic heterocycles. The molecule has 2 aromatic carbocycles. The fraction of sp³-hybridized carbons (Fsp3) is 0.125. The van der Waals surface area contributed by atoms with Crippen molar-refractivity contribution < 1.29 is 21.2 Å². The molecule has 23 heavy (non-hydrogen) atoms. The highest BCUT2D eigenvalue weighted by Gasteiger charge is 2.63. The zero-order valence-corrected chi connectivity index (χ0v) is 13.5. The molecular formula is C16H13FO4S2. The smallest absolute Gasteiger partial charge is 0.219 e. The Balaban J connectivity index is 2.04. The zero-order valence-electron chi connectivity index (χ0n) is 11.9. The minimum atomic E-state index is -4.61. The van der Waals surface area contributed by atoms with Gasteiger partial charge in [-0.1, -0.05) is 54.6 Å². The molecule has 0 unspecified atom stereocenters. The number of benzene rings is 2. The summed E-state index contributed by atoms with van der Waals surface area (Å²) >= 11 is 0. The van der Waals surface area contributed by atoms with Crippen molar-refractivity contribution in [3.8, 4) is 0 Å². The molecule has 1 heterocycles. The lowest BCUT2D eigenvalue weighted by Gasteiger charge is -2.15. The molecule has 3 rings (SSSR count). The van der Waals surface area contributed by atoms with Crippen LogP contribution in [0.2, 0.25) is 0 Å². The van der Waals surface area contributed by atoms with Crippen molar-refractivity contribution in [2.24, 2.45) is 0 Å². The monoisotopic (exact) mass is 352 g/mol. The van der Waals surface area contributed by atoms with Gasteiger partial charge in [0, 0.05) is 6.42 Å². The first kappa shape index (κ1) is 15.9. The number of allylic oxidation sites excluding steroid dienone is 1. The van der Waals surface area contributed by atoms with Gasteiger partial charge >= 0.3 is 4.33 Å². The van der Waals surface area contributed by atoms with E-state index in [0.717, 1.165) is 17.7 Å². The molecule has 0 fully saturated rings. The van der Waals surface area contributed by atoms with Crippen molar-refractivity contribution >= 4 is 25.8 Å². The van der Waals surface area contributed by atoms with Crippen LogP contribution in [0.15, 0.2) is 70.5 Å². The normalized spacial score (nSPS) is 20.4. The van der Waals surface area contributed by atoms with Crippen LogP contribution in [0, 0.1) is 0 Å². The second-order valence-corrected chi connectivity index (χ2v) is 9.58. The summed E-state index contributed by atoms with van der Waals surface area (Å²) in [5, 5.41) is 0. The highest BCUT2D eigenvalue weighted by molar-refractivity contribution is 8.12. The van der Waals surface area contributed by atoms with E-state index < -0.39 is 40.2 Å². The van der Waals surface area contributed by atoms with E-state index in [-0.39, 0.29) is 0 Å². The molecule has 0 bridgehead atoms. The van der Waals surface area contributed by atoms with E-state index in [2.05, 4.69) is 0 Å². The number of rotatable bonds is 3. The molecule has 7 heteroatoms. The lowest BCUT2D eigenvalue weighted by molar-refractivity contribution is 0.364. The maximum Gasteiger partial charge on any atom is 0.321 e. The van der Waals surface area contributed by atoms with Gasteiger partial charge in [0.1, 0.15) is 0 Å². The number of sulfone groups is 2. The van der Waals surface area contributed by atoms with Crippen molar-refractivity contribution in [2.45, 2.75) is 20.5 Å². The lowest BCUT2D eigenvalue weighted by atomic mass is 10.2. The van der Waals surface area contributed by atoms with Crippen molar-refractivity contribution in [3.05, 3.63) is 66.2 Å². The van der Waals surface area contributed by atoms with Crippen LogP contribution in [0.5, 0.6) is 0 Å². The summed E-state index contributed by atoms with van der Waals surface area (Å²) < 4.78 is 61.3. The van der Waals surface area contributed by atoms with Crippen molar-refractivity contribution in [1.29, 1.82) is 0 Å². The van der Waals surface area contributed by atoms with Gasteiger partial charge in [0.2, 0.25) is 19.7 Å². The molecule has 4 nitrogen and oxygen atoms in total. The highest BCUT2D eigenvalue weighted by atomic mass is 32.3. The molecule has 0 saturated carbocycles. The largest absolute Gasteiger partial charge is 0.321 e. The average Bonchev–Trinajstić information content (AvgIpc) is 2.66. The number of halogens is 1. The topological polar surface area (TPSA) is 68.3 Å². The van der Waals surface area contributed by atoms with Gasteiger partial charge < -0.3 is 0 Å². The van der Waals surface area contributed by atoms with Crippen LogP contribution in [-0.2, 0) is 19.7 Å². The fourth-order valence-electron chi connectivity index (χ4n) is 2.49. The average molecular weight is 352 g/mol. The van der Waals surface area contributed by atoms with E-state index in [9.17, 15) is 16.8 Å². The van der Waals surface area contributed by atoms with Gasteiger partial charge in [-0.2, -0.15) is 0 Å². The number of alkyl halides is 1.